The van der Waals surface area contributed by atoms with E-state index in [1.807, 2.05) is 0 Å². The van der Waals surface area contributed by atoms with Crippen LogP contribution in [0.15, 0.2) is 30.5 Å². The highest BCUT2D eigenvalue weighted by Crippen LogP contribution is 2.18. The van der Waals surface area contributed by atoms with Crippen LogP contribution in [0.2, 0.25) is 0 Å². The second-order valence-electron chi connectivity index (χ2n) is 3.47. The van der Waals surface area contributed by atoms with Gasteiger partial charge in [0, 0.05) is 11.8 Å². The fourth-order valence-corrected chi connectivity index (χ4v) is 1.54. The minimum absolute atomic E-state index is 0.225. The van der Waals surface area contributed by atoms with Crippen LogP contribution >= 0.6 is 11.6 Å². The molecule has 2 rings (SSSR count). The Kier molecular flexibility index (Phi) is 3.15. The summed E-state index contributed by atoms with van der Waals surface area (Å²) in [5, 5.41) is 0. The molecule has 2 nitrogen and oxygen atoms in total. The monoisotopic (exact) mass is 236 g/mol. The summed E-state index contributed by atoms with van der Waals surface area (Å²) in [6, 6.07) is 6.56. The summed E-state index contributed by atoms with van der Waals surface area (Å²) in [6.45, 7) is 1.71. The zero-order valence-electron chi connectivity index (χ0n) is 8.74. The van der Waals surface area contributed by atoms with Gasteiger partial charge in [0.05, 0.1) is 11.6 Å². The summed E-state index contributed by atoms with van der Waals surface area (Å²) < 4.78 is 13.1. The van der Waals surface area contributed by atoms with Crippen molar-refractivity contribution in [2.75, 3.05) is 0 Å². The van der Waals surface area contributed by atoms with Crippen LogP contribution in [0.5, 0.6) is 0 Å². The van der Waals surface area contributed by atoms with Crippen LogP contribution in [0.25, 0.3) is 11.4 Å². The van der Waals surface area contributed by atoms with Crippen molar-refractivity contribution in [2.45, 2.75) is 12.8 Å². The Morgan fingerprint density at radius 1 is 1.31 bits per heavy atom. The van der Waals surface area contributed by atoms with Gasteiger partial charge in [0.25, 0.3) is 0 Å². The van der Waals surface area contributed by atoms with Gasteiger partial charge >= 0.3 is 0 Å². The molecule has 0 atom stereocenters. The van der Waals surface area contributed by atoms with Gasteiger partial charge in [-0.05, 0) is 36.8 Å². The Hall–Kier alpha value is -1.48. The van der Waals surface area contributed by atoms with Crippen molar-refractivity contribution in [3.8, 4) is 11.4 Å². The van der Waals surface area contributed by atoms with Crippen LogP contribution < -0.4 is 0 Å². The molecule has 0 radical (unpaired) electrons. The van der Waals surface area contributed by atoms with Crippen LogP contribution in [0.4, 0.5) is 4.39 Å². The molecule has 0 saturated heterocycles. The lowest BCUT2D eigenvalue weighted by molar-refractivity contribution is 0.618. The first kappa shape index (κ1) is 11.0. The van der Waals surface area contributed by atoms with Crippen molar-refractivity contribution in [3.05, 3.63) is 47.5 Å². The quantitative estimate of drug-likeness (QED) is 0.748. The molecule has 82 valence electrons. The maximum Gasteiger partial charge on any atom is 0.159 e. The van der Waals surface area contributed by atoms with Crippen molar-refractivity contribution in [3.63, 3.8) is 0 Å². The minimum Gasteiger partial charge on any atom is -0.237 e. The number of benzene rings is 1. The van der Waals surface area contributed by atoms with Gasteiger partial charge in [0.2, 0.25) is 0 Å². The standard InChI is InChI=1S/C12H10ClFN2/c1-8-6-9(2-3-11(8)14)12-15-5-4-10(7-13)16-12/h2-6H,7H2,1H3. The second-order valence-corrected chi connectivity index (χ2v) is 3.74. The molecule has 1 aromatic carbocycles. The smallest absolute Gasteiger partial charge is 0.159 e. The van der Waals surface area contributed by atoms with Gasteiger partial charge in [-0.15, -0.1) is 11.6 Å². The molecule has 0 spiro atoms. The molecule has 0 saturated carbocycles. The van der Waals surface area contributed by atoms with E-state index in [9.17, 15) is 4.39 Å². The van der Waals surface area contributed by atoms with E-state index < -0.39 is 0 Å². The molecular weight excluding hydrogens is 227 g/mol. The molecule has 1 heterocycles. The maximum atomic E-state index is 13.1. The highest BCUT2D eigenvalue weighted by Gasteiger charge is 2.04. The molecule has 0 fully saturated rings. The molecule has 0 bridgehead atoms. The third kappa shape index (κ3) is 2.19. The Bertz CT molecular complexity index is 514. The van der Waals surface area contributed by atoms with Crippen molar-refractivity contribution >= 4 is 11.6 Å². The van der Waals surface area contributed by atoms with Crippen LogP contribution in [-0.2, 0) is 5.88 Å². The first-order valence-corrected chi connectivity index (χ1v) is 5.38. The van der Waals surface area contributed by atoms with Crippen molar-refractivity contribution < 1.29 is 4.39 Å². The van der Waals surface area contributed by atoms with Gasteiger partial charge in [-0.2, -0.15) is 0 Å². The lowest BCUT2D eigenvalue weighted by Gasteiger charge is -2.03. The number of nitrogens with zero attached hydrogens (tertiary/aromatic N) is 2. The second kappa shape index (κ2) is 4.58. The highest BCUT2D eigenvalue weighted by atomic mass is 35.5. The highest BCUT2D eigenvalue weighted by molar-refractivity contribution is 6.16. The molecule has 0 amide bonds. The summed E-state index contributed by atoms with van der Waals surface area (Å²) in [6.07, 6.45) is 1.65. The molecule has 0 aliphatic rings. The SMILES string of the molecule is Cc1cc(-c2nccc(CCl)n2)ccc1F. The Morgan fingerprint density at radius 3 is 2.81 bits per heavy atom. The van der Waals surface area contributed by atoms with E-state index in [0.29, 0.717) is 17.3 Å². The molecule has 16 heavy (non-hydrogen) atoms. The van der Waals surface area contributed by atoms with E-state index in [1.54, 1.807) is 31.3 Å². The number of aryl methyl sites for hydroxylation is 1. The lowest BCUT2D eigenvalue weighted by atomic mass is 10.1. The third-order valence-electron chi connectivity index (χ3n) is 2.27. The number of alkyl halides is 1. The minimum atomic E-state index is -0.225. The largest absolute Gasteiger partial charge is 0.237 e. The van der Waals surface area contributed by atoms with Crippen molar-refractivity contribution in [1.29, 1.82) is 0 Å². The van der Waals surface area contributed by atoms with Crippen LogP contribution in [0.1, 0.15) is 11.3 Å². The van der Waals surface area contributed by atoms with Crippen LogP contribution in [-0.4, -0.2) is 9.97 Å². The summed E-state index contributed by atoms with van der Waals surface area (Å²) >= 11 is 5.69. The molecule has 2 aromatic rings. The number of hydrogen-bond donors (Lipinski definition) is 0. The van der Waals surface area contributed by atoms with Gasteiger partial charge in [-0.3, -0.25) is 0 Å². The summed E-state index contributed by atoms with van der Waals surface area (Å²) in [7, 11) is 0. The van der Waals surface area contributed by atoms with Crippen molar-refractivity contribution in [1.82, 2.24) is 9.97 Å². The van der Waals surface area contributed by atoms with E-state index in [2.05, 4.69) is 9.97 Å². The Labute approximate surface area is 98.1 Å². The molecule has 4 heteroatoms. The van der Waals surface area contributed by atoms with Gasteiger partial charge in [-0.1, -0.05) is 0 Å². The predicted molar refractivity (Wildman–Crippen MR) is 61.7 cm³/mol. The number of aromatic nitrogens is 2. The molecule has 0 N–H and O–H groups in total. The molecule has 0 aliphatic carbocycles. The van der Waals surface area contributed by atoms with Gasteiger partial charge in [0.1, 0.15) is 5.82 Å². The first-order chi connectivity index (χ1) is 7.70. The van der Waals surface area contributed by atoms with E-state index in [4.69, 9.17) is 11.6 Å². The fraction of sp³-hybridized carbons (Fsp3) is 0.167. The molecular formula is C12H10ClFN2. The van der Waals surface area contributed by atoms with E-state index in [-0.39, 0.29) is 5.82 Å². The topological polar surface area (TPSA) is 25.8 Å². The zero-order valence-corrected chi connectivity index (χ0v) is 9.50. The average molecular weight is 237 g/mol. The Balaban J connectivity index is 2.46. The van der Waals surface area contributed by atoms with Gasteiger partial charge in [0.15, 0.2) is 5.82 Å². The summed E-state index contributed by atoms with van der Waals surface area (Å²) in [5.74, 6) is 0.689. The number of halogens is 2. The molecule has 1 aromatic heterocycles. The van der Waals surface area contributed by atoms with E-state index >= 15 is 0 Å². The summed E-state index contributed by atoms with van der Waals surface area (Å²) in [4.78, 5) is 8.40. The normalized spacial score (nSPS) is 10.4. The Morgan fingerprint density at radius 2 is 2.12 bits per heavy atom. The molecule has 0 aliphatic heterocycles. The average Bonchev–Trinajstić information content (AvgIpc) is 2.33. The number of hydrogen-bond acceptors (Lipinski definition) is 2. The third-order valence-corrected chi connectivity index (χ3v) is 2.54. The van der Waals surface area contributed by atoms with Gasteiger partial charge < -0.3 is 0 Å². The molecule has 0 unspecified atom stereocenters. The van der Waals surface area contributed by atoms with Crippen LogP contribution in [0.3, 0.4) is 0 Å². The fourth-order valence-electron chi connectivity index (χ4n) is 1.39. The predicted octanol–water partition coefficient (Wildman–Crippen LogP) is 3.33. The first-order valence-electron chi connectivity index (χ1n) is 4.85. The maximum absolute atomic E-state index is 13.1. The van der Waals surface area contributed by atoms with E-state index in [1.165, 1.54) is 6.07 Å². The van der Waals surface area contributed by atoms with Gasteiger partial charge in [-0.25, -0.2) is 14.4 Å². The zero-order chi connectivity index (χ0) is 11.5. The van der Waals surface area contributed by atoms with Crippen molar-refractivity contribution in [2.24, 2.45) is 0 Å². The lowest BCUT2D eigenvalue weighted by Crippen LogP contribution is -1.93. The number of rotatable bonds is 2. The summed E-state index contributed by atoms with van der Waals surface area (Å²) in [5.41, 5.74) is 2.14. The van der Waals surface area contributed by atoms with E-state index in [0.717, 1.165) is 11.3 Å². The van der Waals surface area contributed by atoms with Crippen LogP contribution in [0, 0.1) is 12.7 Å².